The summed E-state index contributed by atoms with van der Waals surface area (Å²) in [4.78, 5) is 12.5. The van der Waals surface area contributed by atoms with Crippen LogP contribution in [-0.4, -0.2) is 15.6 Å². The van der Waals surface area contributed by atoms with Gasteiger partial charge in [-0.25, -0.2) is 0 Å². The monoisotopic (exact) mass is 274 g/mol. The van der Waals surface area contributed by atoms with E-state index in [-0.39, 0.29) is 0 Å². The van der Waals surface area contributed by atoms with Crippen LogP contribution in [0.3, 0.4) is 0 Å². The summed E-state index contributed by atoms with van der Waals surface area (Å²) < 4.78 is 1.90. The average Bonchev–Trinajstić information content (AvgIpc) is 2.94. The predicted molar refractivity (Wildman–Crippen MR) is 79.4 cm³/mol. The first-order valence-electron chi connectivity index (χ1n) is 8.30. The van der Waals surface area contributed by atoms with Gasteiger partial charge in [-0.2, -0.15) is 5.10 Å². The van der Waals surface area contributed by atoms with Crippen molar-refractivity contribution >= 4 is 5.78 Å². The number of Topliss-reactive ketones (excluding diaryl/α,β-unsaturated/α-hetero) is 1. The molecular formula is C17H26N2O. The Balaban J connectivity index is 1.57. The number of carbonyl (C=O) groups is 1. The summed E-state index contributed by atoms with van der Waals surface area (Å²) in [7, 11) is 0. The third-order valence-electron chi connectivity index (χ3n) is 5.38. The highest BCUT2D eigenvalue weighted by Gasteiger charge is 2.34. The van der Waals surface area contributed by atoms with E-state index in [1.54, 1.807) is 0 Å². The minimum atomic E-state index is 0.319. The summed E-state index contributed by atoms with van der Waals surface area (Å²) in [5, 5.41) is 4.26. The molecule has 1 aromatic heterocycles. The smallest absolute Gasteiger partial charge is 0.140 e. The highest BCUT2D eigenvalue weighted by Crippen LogP contribution is 2.43. The van der Waals surface area contributed by atoms with Gasteiger partial charge in [0.25, 0.3) is 0 Å². The highest BCUT2D eigenvalue weighted by atomic mass is 16.1. The molecule has 3 heteroatoms. The van der Waals surface area contributed by atoms with Crippen LogP contribution >= 0.6 is 0 Å². The Morgan fingerprint density at radius 3 is 2.80 bits per heavy atom. The summed E-state index contributed by atoms with van der Waals surface area (Å²) in [6.45, 7) is 2.95. The van der Waals surface area contributed by atoms with Crippen LogP contribution in [0, 0.1) is 17.8 Å². The number of nitrogens with zero attached hydrogens (tertiary/aromatic N) is 2. The molecule has 1 aromatic rings. The lowest BCUT2D eigenvalue weighted by atomic mass is 9.66. The second-order valence-electron chi connectivity index (χ2n) is 6.66. The minimum Gasteiger partial charge on any atom is -0.299 e. The molecule has 2 aliphatic carbocycles. The molecule has 3 rings (SSSR count). The molecule has 110 valence electrons. The molecule has 0 aliphatic heterocycles. The zero-order chi connectivity index (χ0) is 13.9. The van der Waals surface area contributed by atoms with Gasteiger partial charge in [-0.05, 0) is 43.6 Å². The van der Waals surface area contributed by atoms with E-state index in [1.807, 2.05) is 17.1 Å². The Morgan fingerprint density at radius 1 is 1.25 bits per heavy atom. The molecule has 3 nitrogen and oxygen atoms in total. The molecule has 2 saturated carbocycles. The molecule has 2 fully saturated rings. The maximum Gasteiger partial charge on any atom is 0.140 e. The molecule has 0 spiro atoms. The predicted octanol–water partition coefficient (Wildman–Crippen LogP) is 3.62. The molecule has 3 unspecified atom stereocenters. The third-order valence-corrected chi connectivity index (χ3v) is 5.38. The van der Waals surface area contributed by atoms with Gasteiger partial charge < -0.3 is 0 Å². The number of aryl methyl sites for hydroxylation is 1. The maximum absolute atomic E-state index is 12.5. The van der Waals surface area contributed by atoms with E-state index in [2.05, 4.69) is 12.0 Å². The van der Waals surface area contributed by atoms with Gasteiger partial charge in [0.05, 0.1) is 6.20 Å². The zero-order valence-electron chi connectivity index (χ0n) is 12.6. The summed E-state index contributed by atoms with van der Waals surface area (Å²) in [5.41, 5.74) is 1.09. The van der Waals surface area contributed by atoms with Crippen LogP contribution in [0.1, 0.15) is 57.4 Å². The van der Waals surface area contributed by atoms with Crippen molar-refractivity contribution in [1.29, 1.82) is 0 Å². The number of fused-ring (bicyclic) bond motifs is 1. The topological polar surface area (TPSA) is 34.9 Å². The normalized spacial score (nSPS) is 29.9. The molecule has 0 N–H and O–H groups in total. The van der Waals surface area contributed by atoms with E-state index < -0.39 is 0 Å². The van der Waals surface area contributed by atoms with Crippen LogP contribution < -0.4 is 0 Å². The lowest BCUT2D eigenvalue weighted by molar-refractivity contribution is -0.124. The molecule has 0 saturated heterocycles. The standard InChI is InChI=1S/C17H26N2O/c1-2-19-12-13(11-18-19)9-17(20)16-8-7-14-5-3-4-6-15(14)10-16/h11-12,14-16H,2-10H2,1H3. The average molecular weight is 274 g/mol. The van der Waals surface area contributed by atoms with E-state index in [0.717, 1.165) is 36.8 Å². The Hall–Kier alpha value is -1.12. The van der Waals surface area contributed by atoms with Crippen LogP contribution in [0.15, 0.2) is 12.4 Å². The fraction of sp³-hybridized carbons (Fsp3) is 0.765. The molecular weight excluding hydrogens is 248 g/mol. The molecule has 0 radical (unpaired) electrons. The molecule has 3 atom stereocenters. The SMILES string of the molecule is CCn1cc(CC(=O)C2CCC3CCCCC3C2)cn1. The largest absolute Gasteiger partial charge is 0.299 e. The molecule has 0 amide bonds. The summed E-state index contributed by atoms with van der Waals surface area (Å²) in [5.74, 6) is 2.53. The number of aromatic nitrogens is 2. The van der Waals surface area contributed by atoms with E-state index in [9.17, 15) is 4.79 Å². The van der Waals surface area contributed by atoms with Gasteiger partial charge in [-0.1, -0.05) is 25.7 Å². The van der Waals surface area contributed by atoms with Crippen LogP contribution in [0.5, 0.6) is 0 Å². The number of ketones is 1. The fourth-order valence-corrected chi connectivity index (χ4v) is 4.18. The summed E-state index contributed by atoms with van der Waals surface area (Å²) in [6.07, 6.45) is 13.6. The fourth-order valence-electron chi connectivity index (χ4n) is 4.18. The Kier molecular flexibility index (Phi) is 4.23. The Morgan fingerprint density at radius 2 is 2.05 bits per heavy atom. The van der Waals surface area contributed by atoms with Crippen LogP contribution in [-0.2, 0) is 17.8 Å². The van der Waals surface area contributed by atoms with Crippen molar-refractivity contribution in [2.75, 3.05) is 0 Å². The van der Waals surface area contributed by atoms with Gasteiger partial charge >= 0.3 is 0 Å². The van der Waals surface area contributed by atoms with E-state index in [0.29, 0.717) is 18.1 Å². The summed E-state index contributed by atoms with van der Waals surface area (Å²) in [6, 6.07) is 0. The molecule has 1 heterocycles. The summed E-state index contributed by atoms with van der Waals surface area (Å²) >= 11 is 0. The van der Waals surface area contributed by atoms with Crippen LogP contribution in [0.2, 0.25) is 0 Å². The van der Waals surface area contributed by atoms with Gasteiger partial charge in [-0.3, -0.25) is 9.48 Å². The Bertz CT molecular complexity index is 465. The quantitative estimate of drug-likeness (QED) is 0.840. The van der Waals surface area contributed by atoms with Crippen molar-refractivity contribution in [3.63, 3.8) is 0 Å². The van der Waals surface area contributed by atoms with Gasteiger partial charge in [0.15, 0.2) is 0 Å². The van der Waals surface area contributed by atoms with Crippen LogP contribution in [0.4, 0.5) is 0 Å². The number of hydrogen-bond acceptors (Lipinski definition) is 2. The molecule has 2 aliphatic rings. The first-order chi connectivity index (χ1) is 9.76. The maximum atomic E-state index is 12.5. The van der Waals surface area contributed by atoms with Gasteiger partial charge in [0.2, 0.25) is 0 Å². The van der Waals surface area contributed by atoms with E-state index >= 15 is 0 Å². The lowest BCUT2D eigenvalue weighted by Crippen LogP contribution is -2.31. The van der Waals surface area contributed by atoms with Gasteiger partial charge in [-0.15, -0.1) is 0 Å². The number of carbonyl (C=O) groups excluding carboxylic acids is 1. The van der Waals surface area contributed by atoms with Crippen molar-refractivity contribution in [3.05, 3.63) is 18.0 Å². The first-order valence-corrected chi connectivity index (χ1v) is 8.30. The van der Waals surface area contributed by atoms with Crippen molar-refractivity contribution in [2.24, 2.45) is 17.8 Å². The van der Waals surface area contributed by atoms with Crippen molar-refractivity contribution in [2.45, 2.75) is 64.8 Å². The lowest BCUT2D eigenvalue weighted by Gasteiger charge is -2.38. The van der Waals surface area contributed by atoms with E-state index in [4.69, 9.17) is 0 Å². The number of hydrogen-bond donors (Lipinski definition) is 0. The second-order valence-corrected chi connectivity index (χ2v) is 6.66. The molecule has 20 heavy (non-hydrogen) atoms. The van der Waals surface area contributed by atoms with E-state index in [1.165, 1.54) is 32.1 Å². The van der Waals surface area contributed by atoms with Gasteiger partial charge in [0, 0.05) is 25.1 Å². The zero-order valence-corrected chi connectivity index (χ0v) is 12.6. The number of rotatable bonds is 4. The third kappa shape index (κ3) is 2.97. The minimum absolute atomic E-state index is 0.319. The Labute approximate surface area is 121 Å². The van der Waals surface area contributed by atoms with Crippen molar-refractivity contribution in [1.82, 2.24) is 9.78 Å². The molecule has 0 aromatic carbocycles. The highest BCUT2D eigenvalue weighted by molar-refractivity contribution is 5.83. The van der Waals surface area contributed by atoms with Crippen molar-refractivity contribution < 1.29 is 4.79 Å². The van der Waals surface area contributed by atoms with Gasteiger partial charge in [0.1, 0.15) is 5.78 Å². The second kappa shape index (κ2) is 6.11. The van der Waals surface area contributed by atoms with Crippen molar-refractivity contribution in [3.8, 4) is 0 Å². The first kappa shape index (κ1) is 13.8. The van der Waals surface area contributed by atoms with Crippen LogP contribution in [0.25, 0.3) is 0 Å². The molecule has 0 bridgehead atoms.